The minimum Gasteiger partial charge on any atom is -0.379 e. The third-order valence-electron chi connectivity index (χ3n) is 7.63. The van der Waals surface area contributed by atoms with E-state index in [2.05, 4.69) is 13.8 Å². The third-order valence-corrected chi connectivity index (χ3v) is 7.63. The first-order chi connectivity index (χ1) is 25.4. The van der Waals surface area contributed by atoms with Crippen LogP contribution in [0.1, 0.15) is 97.3 Å². The van der Waals surface area contributed by atoms with Gasteiger partial charge < -0.3 is 56.8 Å². The zero-order valence-corrected chi connectivity index (χ0v) is 33.1. The average molecular weight is 741 g/mol. The van der Waals surface area contributed by atoms with Crippen molar-refractivity contribution in [2.24, 2.45) is 0 Å². The Balaban J connectivity index is 3.04. The maximum atomic E-state index is 5.66. The Morgan fingerprint density at radius 3 is 0.529 bits per heavy atom. The van der Waals surface area contributed by atoms with E-state index in [4.69, 9.17) is 56.8 Å². The van der Waals surface area contributed by atoms with E-state index in [1.54, 1.807) is 0 Å². The average Bonchev–Trinajstić information content (AvgIpc) is 3.14. The van der Waals surface area contributed by atoms with Gasteiger partial charge in [0.15, 0.2) is 0 Å². The topological polar surface area (TPSA) is 111 Å². The molecule has 12 nitrogen and oxygen atoms in total. The van der Waals surface area contributed by atoms with Gasteiger partial charge in [-0.2, -0.15) is 0 Å². The molecule has 0 unspecified atom stereocenters. The van der Waals surface area contributed by atoms with Crippen LogP contribution in [-0.4, -0.2) is 159 Å². The highest BCUT2D eigenvalue weighted by molar-refractivity contribution is 4.48. The van der Waals surface area contributed by atoms with Crippen molar-refractivity contribution < 1.29 is 56.8 Å². The molecule has 0 spiro atoms. The summed E-state index contributed by atoms with van der Waals surface area (Å²) in [6.07, 6.45) is 17.1. The SMILES string of the molecule is CCCCCCCCCCCCCOCCOCCOCCOCCOCCOCCOCCOCCOCCOCCOCCOCCCC. The van der Waals surface area contributed by atoms with Crippen LogP contribution in [0.4, 0.5) is 0 Å². The van der Waals surface area contributed by atoms with E-state index in [-0.39, 0.29) is 0 Å². The van der Waals surface area contributed by atoms with Gasteiger partial charge in [0.1, 0.15) is 0 Å². The normalized spacial score (nSPS) is 11.6. The second-order valence-electron chi connectivity index (χ2n) is 12.2. The summed E-state index contributed by atoms with van der Waals surface area (Å²) in [5.74, 6) is 0. The van der Waals surface area contributed by atoms with Crippen molar-refractivity contribution in [1.29, 1.82) is 0 Å². The molecule has 0 saturated carbocycles. The molecule has 0 aliphatic carbocycles. The molecule has 0 atom stereocenters. The van der Waals surface area contributed by atoms with E-state index >= 15 is 0 Å². The van der Waals surface area contributed by atoms with Gasteiger partial charge in [-0.25, -0.2) is 0 Å². The zero-order valence-electron chi connectivity index (χ0n) is 33.1. The molecule has 0 bridgehead atoms. The fraction of sp³-hybridized carbons (Fsp3) is 1.00. The number of ether oxygens (including phenoxy) is 12. The van der Waals surface area contributed by atoms with Crippen LogP contribution in [0.3, 0.4) is 0 Å². The van der Waals surface area contributed by atoms with Crippen molar-refractivity contribution in [1.82, 2.24) is 0 Å². The fourth-order valence-corrected chi connectivity index (χ4v) is 4.64. The van der Waals surface area contributed by atoms with Crippen LogP contribution in [0.15, 0.2) is 0 Å². The highest BCUT2D eigenvalue weighted by Gasteiger charge is 1.98. The second-order valence-corrected chi connectivity index (χ2v) is 12.2. The van der Waals surface area contributed by atoms with Crippen LogP contribution in [0.5, 0.6) is 0 Å². The summed E-state index contributed by atoms with van der Waals surface area (Å²) < 4.78 is 66.1. The predicted octanol–water partition coefficient (Wildman–Crippen LogP) is 6.30. The van der Waals surface area contributed by atoms with Crippen molar-refractivity contribution >= 4 is 0 Å². The maximum Gasteiger partial charge on any atom is 0.0701 e. The molecule has 0 amide bonds. The van der Waals surface area contributed by atoms with Crippen molar-refractivity contribution in [3.63, 3.8) is 0 Å². The van der Waals surface area contributed by atoms with Gasteiger partial charge in [-0.3, -0.25) is 0 Å². The Bertz CT molecular complexity index is 542. The minimum atomic E-state index is 0.522. The highest BCUT2D eigenvalue weighted by Crippen LogP contribution is 2.11. The Hall–Kier alpha value is -0.480. The number of rotatable bonds is 48. The first kappa shape index (κ1) is 50.5. The van der Waals surface area contributed by atoms with Gasteiger partial charge in [-0.05, 0) is 12.8 Å². The molecule has 0 fully saturated rings. The smallest absolute Gasteiger partial charge is 0.0701 e. The Morgan fingerprint density at radius 2 is 0.314 bits per heavy atom. The summed E-state index contributed by atoms with van der Waals surface area (Å²) >= 11 is 0. The molecule has 0 N–H and O–H groups in total. The molecule has 51 heavy (non-hydrogen) atoms. The first-order valence-corrected chi connectivity index (χ1v) is 20.3. The summed E-state index contributed by atoms with van der Waals surface area (Å²) in [6.45, 7) is 18.3. The Morgan fingerprint density at radius 1 is 0.157 bits per heavy atom. The monoisotopic (exact) mass is 741 g/mol. The molecular weight excluding hydrogens is 660 g/mol. The molecule has 0 aliphatic rings. The van der Waals surface area contributed by atoms with Gasteiger partial charge in [-0.1, -0.05) is 84.5 Å². The van der Waals surface area contributed by atoms with E-state index in [0.717, 1.165) is 32.5 Å². The maximum absolute atomic E-state index is 5.66. The lowest BCUT2D eigenvalue weighted by atomic mass is 10.1. The highest BCUT2D eigenvalue weighted by atomic mass is 16.6. The molecule has 12 heteroatoms. The van der Waals surface area contributed by atoms with Crippen molar-refractivity contribution in [3.05, 3.63) is 0 Å². The lowest BCUT2D eigenvalue weighted by molar-refractivity contribution is -0.0283. The van der Waals surface area contributed by atoms with E-state index in [1.165, 1.54) is 64.2 Å². The van der Waals surface area contributed by atoms with Crippen LogP contribution >= 0.6 is 0 Å². The van der Waals surface area contributed by atoms with E-state index in [1.807, 2.05) is 0 Å². The quantitative estimate of drug-likeness (QED) is 0.0654. The zero-order chi connectivity index (χ0) is 36.6. The fourth-order valence-electron chi connectivity index (χ4n) is 4.64. The molecule has 0 rings (SSSR count). The van der Waals surface area contributed by atoms with Crippen molar-refractivity contribution in [3.8, 4) is 0 Å². The van der Waals surface area contributed by atoms with E-state index in [9.17, 15) is 0 Å². The summed E-state index contributed by atoms with van der Waals surface area (Å²) in [4.78, 5) is 0. The molecule has 0 radical (unpaired) electrons. The third kappa shape index (κ3) is 49.5. The Labute approximate surface area is 312 Å². The first-order valence-electron chi connectivity index (χ1n) is 20.3. The van der Waals surface area contributed by atoms with E-state index < -0.39 is 0 Å². The van der Waals surface area contributed by atoms with Crippen LogP contribution in [-0.2, 0) is 56.8 Å². The minimum absolute atomic E-state index is 0.522. The molecule has 0 heterocycles. The number of hydrogen-bond acceptors (Lipinski definition) is 12. The van der Waals surface area contributed by atoms with Gasteiger partial charge >= 0.3 is 0 Å². The van der Waals surface area contributed by atoms with Crippen LogP contribution < -0.4 is 0 Å². The lowest BCUT2D eigenvalue weighted by Gasteiger charge is -2.09. The van der Waals surface area contributed by atoms with Gasteiger partial charge in [0.25, 0.3) is 0 Å². The summed E-state index contributed by atoms with van der Waals surface area (Å²) in [5.41, 5.74) is 0. The van der Waals surface area contributed by atoms with Gasteiger partial charge in [0.2, 0.25) is 0 Å². The molecule has 0 saturated heterocycles. The van der Waals surface area contributed by atoms with E-state index in [0.29, 0.717) is 145 Å². The predicted molar refractivity (Wildman–Crippen MR) is 201 cm³/mol. The van der Waals surface area contributed by atoms with Gasteiger partial charge in [-0.15, -0.1) is 0 Å². The number of hydrogen-bond donors (Lipinski definition) is 0. The van der Waals surface area contributed by atoms with Gasteiger partial charge in [0, 0.05) is 13.2 Å². The summed E-state index contributed by atoms with van der Waals surface area (Å²) in [6, 6.07) is 0. The van der Waals surface area contributed by atoms with Crippen LogP contribution in [0, 0.1) is 0 Å². The molecule has 0 aliphatic heterocycles. The molecule has 0 aromatic carbocycles. The standard InChI is InChI=1S/C39H80O12/c1-3-5-7-8-9-10-11-12-13-14-15-17-41-19-21-43-23-25-45-27-29-47-31-33-49-35-37-51-39-38-50-36-34-48-32-30-46-28-26-44-24-22-42-20-18-40-16-6-4-2/h3-39H2,1-2H3. The largest absolute Gasteiger partial charge is 0.379 e. The van der Waals surface area contributed by atoms with Crippen molar-refractivity contribution in [2.45, 2.75) is 97.3 Å². The molecule has 0 aromatic rings. The summed E-state index contributed by atoms with van der Waals surface area (Å²) in [7, 11) is 0. The number of unbranched alkanes of at least 4 members (excludes halogenated alkanes) is 11. The molecule has 0 aromatic heterocycles. The molecule has 308 valence electrons. The van der Waals surface area contributed by atoms with Crippen molar-refractivity contribution in [2.75, 3.05) is 159 Å². The van der Waals surface area contributed by atoms with Crippen LogP contribution in [0.25, 0.3) is 0 Å². The van der Waals surface area contributed by atoms with Crippen LogP contribution in [0.2, 0.25) is 0 Å². The Kier molecular flexibility index (Phi) is 49.1. The second kappa shape index (κ2) is 49.5. The molecular formula is C39H80O12. The van der Waals surface area contributed by atoms with Gasteiger partial charge in [0.05, 0.1) is 145 Å². The lowest BCUT2D eigenvalue weighted by Crippen LogP contribution is -2.15. The summed E-state index contributed by atoms with van der Waals surface area (Å²) in [5, 5.41) is 0.